The van der Waals surface area contributed by atoms with Crippen LogP contribution in [0, 0.1) is 5.92 Å². The smallest absolute Gasteiger partial charge is 0.243 e. The van der Waals surface area contributed by atoms with Gasteiger partial charge >= 0.3 is 0 Å². The lowest BCUT2D eigenvalue weighted by atomic mass is 10.0. The Morgan fingerprint density at radius 1 is 1.38 bits per heavy atom. The van der Waals surface area contributed by atoms with Crippen molar-refractivity contribution in [2.24, 2.45) is 5.92 Å². The van der Waals surface area contributed by atoms with Crippen molar-refractivity contribution < 1.29 is 13.2 Å². The quantitative estimate of drug-likeness (QED) is 0.861. The fraction of sp³-hybridized carbons (Fsp3) is 0.500. The van der Waals surface area contributed by atoms with Gasteiger partial charge in [0.2, 0.25) is 15.9 Å². The van der Waals surface area contributed by atoms with Crippen molar-refractivity contribution in [2.45, 2.75) is 24.7 Å². The number of nitrogens with zero attached hydrogens (tertiary/aromatic N) is 1. The molecule has 0 aliphatic carbocycles. The summed E-state index contributed by atoms with van der Waals surface area (Å²) in [5.74, 6) is 0.508. The van der Waals surface area contributed by atoms with Gasteiger partial charge in [-0.1, -0.05) is 0 Å². The topological polar surface area (TPSA) is 66.5 Å². The van der Waals surface area contributed by atoms with E-state index in [-0.39, 0.29) is 16.7 Å². The molecule has 116 valence electrons. The molecule has 0 aromatic heterocycles. The van der Waals surface area contributed by atoms with E-state index in [4.69, 9.17) is 11.6 Å². The van der Waals surface area contributed by atoms with Crippen LogP contribution in [-0.4, -0.2) is 37.6 Å². The fourth-order valence-corrected chi connectivity index (χ4v) is 4.24. The van der Waals surface area contributed by atoms with Crippen molar-refractivity contribution in [3.8, 4) is 0 Å². The molecule has 5 nitrogen and oxygen atoms in total. The maximum absolute atomic E-state index is 12.6. The standard InChI is InChI=1S/C14H19ClN2O3S/c1-11(18)16-13-4-6-14(7-5-13)21(19,20)17-8-2-3-12(9-15)10-17/h4-7,12H,2-3,8-10H2,1H3,(H,16,18). The third-order valence-corrected chi connectivity index (χ3v) is 5.83. The van der Waals surface area contributed by atoms with Crippen molar-refractivity contribution in [1.82, 2.24) is 4.31 Å². The molecule has 0 radical (unpaired) electrons. The van der Waals surface area contributed by atoms with Gasteiger partial charge < -0.3 is 5.32 Å². The van der Waals surface area contributed by atoms with E-state index in [2.05, 4.69) is 5.32 Å². The van der Waals surface area contributed by atoms with Crippen molar-refractivity contribution >= 4 is 33.2 Å². The molecular weight excluding hydrogens is 312 g/mol. The number of carbonyl (C=O) groups excluding carboxylic acids is 1. The van der Waals surface area contributed by atoms with Gasteiger partial charge in [-0.25, -0.2) is 8.42 Å². The highest BCUT2D eigenvalue weighted by Gasteiger charge is 2.29. The zero-order chi connectivity index (χ0) is 15.5. The first-order valence-electron chi connectivity index (χ1n) is 6.87. The average Bonchev–Trinajstić information content (AvgIpc) is 2.47. The molecule has 1 aliphatic rings. The Hall–Kier alpha value is -1.11. The minimum absolute atomic E-state index is 0.188. The maximum Gasteiger partial charge on any atom is 0.243 e. The Morgan fingerprint density at radius 3 is 2.62 bits per heavy atom. The van der Waals surface area contributed by atoms with Gasteiger partial charge in [0.1, 0.15) is 0 Å². The number of amides is 1. The summed E-state index contributed by atoms with van der Waals surface area (Å²) in [7, 11) is -3.49. The summed E-state index contributed by atoms with van der Waals surface area (Å²) in [4.78, 5) is 11.2. The van der Waals surface area contributed by atoms with E-state index in [9.17, 15) is 13.2 Å². The Morgan fingerprint density at radius 2 is 2.05 bits per heavy atom. The second kappa shape index (κ2) is 6.77. The van der Waals surface area contributed by atoms with Crippen LogP contribution in [0.2, 0.25) is 0 Å². The number of halogens is 1. The number of alkyl halides is 1. The predicted octanol–water partition coefficient (Wildman–Crippen LogP) is 2.28. The van der Waals surface area contributed by atoms with Gasteiger partial charge in [-0.05, 0) is 43.0 Å². The first-order chi connectivity index (χ1) is 9.93. The van der Waals surface area contributed by atoms with Crippen LogP contribution in [0.5, 0.6) is 0 Å². The van der Waals surface area contributed by atoms with Gasteiger partial charge in [-0.3, -0.25) is 4.79 Å². The molecule has 1 fully saturated rings. The number of benzene rings is 1. The molecule has 1 saturated heterocycles. The van der Waals surface area contributed by atoms with Crippen LogP contribution in [0.4, 0.5) is 5.69 Å². The predicted molar refractivity (Wildman–Crippen MR) is 82.9 cm³/mol. The lowest BCUT2D eigenvalue weighted by Crippen LogP contribution is -2.40. The Labute approximate surface area is 130 Å². The average molecular weight is 331 g/mol. The van der Waals surface area contributed by atoms with Gasteiger partial charge in [0, 0.05) is 31.6 Å². The van der Waals surface area contributed by atoms with E-state index >= 15 is 0 Å². The van der Waals surface area contributed by atoms with Gasteiger partial charge in [-0.15, -0.1) is 11.6 Å². The first-order valence-corrected chi connectivity index (χ1v) is 8.84. The van der Waals surface area contributed by atoms with Crippen LogP contribution in [-0.2, 0) is 14.8 Å². The van der Waals surface area contributed by atoms with Crippen LogP contribution < -0.4 is 5.32 Å². The lowest BCUT2D eigenvalue weighted by Gasteiger charge is -2.30. The van der Waals surface area contributed by atoms with Crippen molar-refractivity contribution in [3.63, 3.8) is 0 Å². The summed E-state index contributed by atoms with van der Waals surface area (Å²) < 4.78 is 26.7. The van der Waals surface area contributed by atoms with Crippen molar-refractivity contribution in [2.75, 3.05) is 24.3 Å². The highest BCUT2D eigenvalue weighted by molar-refractivity contribution is 7.89. The molecule has 7 heteroatoms. The zero-order valence-electron chi connectivity index (χ0n) is 11.9. The van der Waals surface area contributed by atoms with Crippen LogP contribution in [0.25, 0.3) is 0 Å². The Kier molecular flexibility index (Phi) is 5.24. The molecule has 1 heterocycles. The minimum Gasteiger partial charge on any atom is -0.326 e. The molecule has 0 saturated carbocycles. The number of piperidine rings is 1. The van der Waals surface area contributed by atoms with Crippen molar-refractivity contribution in [1.29, 1.82) is 0 Å². The normalized spacial score (nSPS) is 20.2. The third-order valence-electron chi connectivity index (χ3n) is 3.51. The van der Waals surface area contributed by atoms with Crippen LogP contribution >= 0.6 is 11.6 Å². The summed E-state index contributed by atoms with van der Waals surface area (Å²) >= 11 is 5.85. The number of hydrogen-bond donors (Lipinski definition) is 1. The van der Waals surface area contributed by atoms with Crippen LogP contribution in [0.15, 0.2) is 29.2 Å². The highest BCUT2D eigenvalue weighted by atomic mass is 35.5. The lowest BCUT2D eigenvalue weighted by molar-refractivity contribution is -0.114. The molecule has 0 bridgehead atoms. The van der Waals surface area contributed by atoms with E-state index in [1.165, 1.54) is 23.4 Å². The van der Waals surface area contributed by atoms with Crippen LogP contribution in [0.3, 0.4) is 0 Å². The van der Waals surface area contributed by atoms with Gasteiger partial charge in [0.25, 0.3) is 0 Å². The molecule has 21 heavy (non-hydrogen) atoms. The molecule has 1 aliphatic heterocycles. The minimum atomic E-state index is -3.49. The molecule has 1 amide bonds. The van der Waals surface area contributed by atoms with E-state index in [0.717, 1.165) is 12.8 Å². The van der Waals surface area contributed by atoms with E-state index in [0.29, 0.717) is 24.7 Å². The maximum atomic E-state index is 12.6. The number of rotatable bonds is 4. The molecular formula is C14H19ClN2O3S. The highest BCUT2D eigenvalue weighted by Crippen LogP contribution is 2.25. The second-order valence-corrected chi connectivity index (χ2v) is 7.48. The largest absolute Gasteiger partial charge is 0.326 e. The van der Waals surface area contributed by atoms with E-state index < -0.39 is 10.0 Å². The number of hydrogen-bond acceptors (Lipinski definition) is 3. The molecule has 2 rings (SSSR count). The summed E-state index contributed by atoms with van der Waals surface area (Å²) in [6.07, 6.45) is 1.80. The fourth-order valence-electron chi connectivity index (χ4n) is 2.43. The summed E-state index contributed by atoms with van der Waals surface area (Å²) in [6.45, 7) is 2.41. The Bertz CT molecular complexity index is 601. The second-order valence-electron chi connectivity index (χ2n) is 5.23. The zero-order valence-corrected chi connectivity index (χ0v) is 13.5. The number of sulfonamides is 1. The molecule has 1 N–H and O–H groups in total. The van der Waals surface area contributed by atoms with E-state index in [1.807, 2.05) is 0 Å². The summed E-state index contributed by atoms with van der Waals surface area (Å²) in [5, 5.41) is 2.61. The van der Waals surface area contributed by atoms with Crippen LogP contribution in [0.1, 0.15) is 19.8 Å². The molecule has 0 spiro atoms. The third kappa shape index (κ3) is 3.96. The molecule has 1 unspecified atom stereocenters. The van der Waals surface area contributed by atoms with Gasteiger partial charge in [0.05, 0.1) is 4.90 Å². The van der Waals surface area contributed by atoms with E-state index in [1.54, 1.807) is 12.1 Å². The molecule has 1 aromatic rings. The van der Waals surface area contributed by atoms with Gasteiger partial charge in [0.15, 0.2) is 0 Å². The summed E-state index contributed by atoms with van der Waals surface area (Å²) in [5.41, 5.74) is 0.582. The molecule has 1 atom stereocenters. The summed E-state index contributed by atoms with van der Waals surface area (Å²) in [6, 6.07) is 6.23. The molecule has 1 aromatic carbocycles. The SMILES string of the molecule is CC(=O)Nc1ccc(S(=O)(=O)N2CCCC(CCl)C2)cc1. The van der Waals surface area contributed by atoms with Gasteiger partial charge in [-0.2, -0.15) is 4.31 Å². The first kappa shape index (κ1) is 16.3. The Balaban J connectivity index is 2.17. The monoisotopic (exact) mass is 330 g/mol. The number of anilines is 1. The number of carbonyl (C=O) groups is 1. The van der Waals surface area contributed by atoms with Crippen molar-refractivity contribution in [3.05, 3.63) is 24.3 Å². The number of nitrogens with one attached hydrogen (secondary N) is 1.